The molecule has 1 aliphatic heterocycles. The molecule has 4 rings (SSSR count). The van der Waals surface area contributed by atoms with Gasteiger partial charge >= 0.3 is 0 Å². The molecule has 0 spiro atoms. The Labute approximate surface area is 166 Å². The predicted octanol–water partition coefficient (Wildman–Crippen LogP) is 3.82. The molecule has 1 aliphatic rings. The van der Waals surface area contributed by atoms with Gasteiger partial charge in [0.05, 0.1) is 16.8 Å². The molecule has 0 aliphatic carbocycles. The van der Waals surface area contributed by atoms with Gasteiger partial charge in [-0.25, -0.2) is 4.90 Å². The smallest absolute Gasteiger partial charge is 0.266 e. The number of carbonyl (C=O) groups excluding carboxylic acids is 3. The van der Waals surface area contributed by atoms with Crippen LogP contribution in [0.15, 0.2) is 52.9 Å². The van der Waals surface area contributed by atoms with Crippen molar-refractivity contribution in [2.24, 2.45) is 0 Å². The number of benzene rings is 2. The molecule has 142 valence electrons. The lowest BCUT2D eigenvalue weighted by molar-refractivity contribution is 0.0925. The summed E-state index contributed by atoms with van der Waals surface area (Å²) in [5, 5.41) is 11.8. The number of aryl methyl sites for hydroxylation is 1. The number of imide groups is 1. The van der Waals surface area contributed by atoms with E-state index >= 15 is 0 Å². The molecule has 0 unspecified atom stereocenters. The molecule has 2 aromatic carbocycles. The highest BCUT2D eigenvalue weighted by molar-refractivity contribution is 6.34. The molecule has 7 heteroatoms. The molecule has 0 saturated heterocycles. The van der Waals surface area contributed by atoms with Crippen LogP contribution >= 0.6 is 0 Å². The van der Waals surface area contributed by atoms with Gasteiger partial charge in [-0.15, -0.1) is 0 Å². The maximum absolute atomic E-state index is 12.6. The first-order chi connectivity index (χ1) is 13.9. The third kappa shape index (κ3) is 2.87. The number of rotatable bonds is 3. The highest BCUT2D eigenvalue weighted by atomic mass is 16.4. The van der Waals surface area contributed by atoms with Crippen LogP contribution in [0.25, 0.3) is 0 Å². The third-order valence-corrected chi connectivity index (χ3v) is 4.91. The molecule has 0 fully saturated rings. The Hall–Kier alpha value is -4.18. The predicted molar refractivity (Wildman–Crippen MR) is 105 cm³/mol. The molecule has 29 heavy (non-hydrogen) atoms. The lowest BCUT2D eigenvalue weighted by Gasteiger charge is -2.14. The monoisotopic (exact) mass is 385 g/mol. The Kier molecular flexibility index (Phi) is 4.24. The van der Waals surface area contributed by atoms with E-state index < -0.39 is 17.7 Å². The minimum atomic E-state index is -0.468. The number of nitrogens with zero attached hydrogens (tertiary/aromatic N) is 2. The van der Waals surface area contributed by atoms with Gasteiger partial charge in [0.1, 0.15) is 17.4 Å². The molecular formula is C22H15N3O4. The van der Waals surface area contributed by atoms with Crippen molar-refractivity contribution in [1.29, 1.82) is 5.26 Å². The number of anilines is 2. The van der Waals surface area contributed by atoms with Crippen LogP contribution < -0.4 is 10.2 Å². The van der Waals surface area contributed by atoms with Crippen molar-refractivity contribution >= 4 is 29.3 Å². The largest absolute Gasteiger partial charge is 0.444 e. The van der Waals surface area contributed by atoms with Crippen LogP contribution in [-0.2, 0) is 0 Å². The summed E-state index contributed by atoms with van der Waals surface area (Å²) in [7, 11) is 0. The van der Waals surface area contributed by atoms with E-state index in [0.717, 1.165) is 4.90 Å². The molecule has 2 heterocycles. The van der Waals surface area contributed by atoms with Gasteiger partial charge in [0.15, 0.2) is 0 Å². The Morgan fingerprint density at radius 3 is 2.14 bits per heavy atom. The van der Waals surface area contributed by atoms with Crippen LogP contribution in [0.3, 0.4) is 0 Å². The van der Waals surface area contributed by atoms with E-state index in [1.54, 1.807) is 38.1 Å². The van der Waals surface area contributed by atoms with Gasteiger partial charge < -0.3 is 4.42 Å². The maximum atomic E-state index is 12.6. The van der Waals surface area contributed by atoms with Crippen molar-refractivity contribution in [3.63, 3.8) is 0 Å². The van der Waals surface area contributed by atoms with Crippen LogP contribution in [0.2, 0.25) is 0 Å². The highest BCUT2D eigenvalue weighted by Crippen LogP contribution is 2.29. The van der Waals surface area contributed by atoms with Crippen LogP contribution in [0.4, 0.5) is 11.6 Å². The summed E-state index contributed by atoms with van der Waals surface area (Å²) in [5.74, 6) is -0.620. The van der Waals surface area contributed by atoms with E-state index in [9.17, 15) is 19.6 Å². The Morgan fingerprint density at radius 2 is 1.59 bits per heavy atom. The van der Waals surface area contributed by atoms with Crippen molar-refractivity contribution in [3.8, 4) is 6.07 Å². The second-order valence-corrected chi connectivity index (χ2v) is 6.59. The maximum Gasteiger partial charge on any atom is 0.266 e. The fourth-order valence-electron chi connectivity index (χ4n) is 3.21. The number of hydrogen-bond donors (Lipinski definition) is 1. The van der Waals surface area contributed by atoms with E-state index in [-0.39, 0.29) is 11.4 Å². The van der Waals surface area contributed by atoms with Gasteiger partial charge in [0.2, 0.25) is 5.88 Å². The van der Waals surface area contributed by atoms with Crippen LogP contribution in [0, 0.1) is 25.2 Å². The molecule has 3 amide bonds. The topological polar surface area (TPSA) is 103 Å². The van der Waals surface area contributed by atoms with Crippen molar-refractivity contribution < 1.29 is 18.8 Å². The van der Waals surface area contributed by atoms with E-state index in [2.05, 4.69) is 5.32 Å². The SMILES string of the molecule is Cc1oc(NC(=O)c2ccc(N3C(=O)c4ccccc4C3=O)cc2)c(C#N)c1C. The molecular weight excluding hydrogens is 370 g/mol. The molecule has 0 bridgehead atoms. The lowest BCUT2D eigenvalue weighted by Crippen LogP contribution is -2.29. The summed E-state index contributed by atoms with van der Waals surface area (Å²) in [4.78, 5) is 38.7. The minimum absolute atomic E-state index is 0.0944. The summed E-state index contributed by atoms with van der Waals surface area (Å²) in [6, 6.07) is 14.7. The summed E-state index contributed by atoms with van der Waals surface area (Å²) in [6.45, 7) is 3.45. The van der Waals surface area contributed by atoms with Gasteiger partial charge in [0.25, 0.3) is 17.7 Å². The minimum Gasteiger partial charge on any atom is -0.444 e. The zero-order chi connectivity index (χ0) is 20.7. The summed E-state index contributed by atoms with van der Waals surface area (Å²) in [5.41, 5.74) is 2.32. The molecule has 1 aromatic heterocycles. The fourth-order valence-corrected chi connectivity index (χ4v) is 3.21. The fraction of sp³-hybridized carbons (Fsp3) is 0.0909. The Balaban J connectivity index is 1.57. The second kappa shape index (κ2) is 6.77. The third-order valence-electron chi connectivity index (χ3n) is 4.91. The van der Waals surface area contributed by atoms with Crippen molar-refractivity contribution in [1.82, 2.24) is 0 Å². The molecule has 7 nitrogen and oxygen atoms in total. The number of hydrogen-bond acceptors (Lipinski definition) is 5. The number of carbonyl (C=O) groups is 3. The van der Waals surface area contributed by atoms with E-state index in [1.807, 2.05) is 6.07 Å². The molecule has 3 aromatic rings. The number of nitriles is 1. The van der Waals surface area contributed by atoms with Gasteiger partial charge in [-0.1, -0.05) is 12.1 Å². The molecule has 0 saturated carbocycles. The zero-order valence-electron chi connectivity index (χ0n) is 15.6. The van der Waals surface area contributed by atoms with Gasteiger partial charge in [0, 0.05) is 11.1 Å². The normalized spacial score (nSPS) is 12.7. The highest BCUT2D eigenvalue weighted by Gasteiger charge is 2.36. The van der Waals surface area contributed by atoms with Crippen LogP contribution in [0.5, 0.6) is 0 Å². The van der Waals surface area contributed by atoms with Crippen molar-refractivity contribution in [3.05, 3.63) is 82.1 Å². The number of fused-ring (bicyclic) bond motifs is 1. The van der Waals surface area contributed by atoms with E-state index in [1.165, 1.54) is 24.3 Å². The van der Waals surface area contributed by atoms with Gasteiger partial charge in [-0.2, -0.15) is 5.26 Å². The first-order valence-electron chi connectivity index (χ1n) is 8.81. The first kappa shape index (κ1) is 18.2. The standard InChI is InChI=1S/C22H15N3O4/c1-12-13(2)29-20(18(12)11-23)24-19(26)14-7-9-15(10-8-14)25-21(27)16-5-3-4-6-17(16)22(25)28/h3-10H,1-2H3,(H,24,26). The molecule has 0 radical (unpaired) electrons. The van der Waals surface area contributed by atoms with Crippen molar-refractivity contribution in [2.75, 3.05) is 10.2 Å². The lowest BCUT2D eigenvalue weighted by atomic mass is 10.1. The Bertz CT molecular complexity index is 1180. The van der Waals surface area contributed by atoms with Crippen LogP contribution in [0.1, 0.15) is 48.0 Å². The average Bonchev–Trinajstić information content (AvgIpc) is 3.14. The zero-order valence-corrected chi connectivity index (χ0v) is 15.6. The summed E-state index contributed by atoms with van der Waals surface area (Å²) < 4.78 is 5.45. The van der Waals surface area contributed by atoms with E-state index in [0.29, 0.717) is 33.7 Å². The summed E-state index contributed by atoms with van der Waals surface area (Å²) in [6.07, 6.45) is 0. The first-order valence-corrected chi connectivity index (χ1v) is 8.81. The quantitative estimate of drug-likeness (QED) is 0.690. The van der Waals surface area contributed by atoms with E-state index in [4.69, 9.17) is 4.42 Å². The molecule has 1 N–H and O–H groups in total. The average molecular weight is 385 g/mol. The number of nitrogens with one attached hydrogen (secondary N) is 1. The number of furan rings is 1. The molecule has 0 atom stereocenters. The Morgan fingerprint density at radius 1 is 1.00 bits per heavy atom. The second-order valence-electron chi connectivity index (χ2n) is 6.59. The van der Waals surface area contributed by atoms with Gasteiger partial charge in [-0.05, 0) is 50.2 Å². The van der Waals surface area contributed by atoms with Gasteiger partial charge in [-0.3, -0.25) is 19.7 Å². The van der Waals surface area contributed by atoms with Crippen molar-refractivity contribution in [2.45, 2.75) is 13.8 Å². The number of amides is 3. The summed E-state index contributed by atoms with van der Waals surface area (Å²) >= 11 is 0. The van der Waals surface area contributed by atoms with Crippen LogP contribution in [-0.4, -0.2) is 17.7 Å².